The minimum atomic E-state index is 0.288. The maximum absolute atomic E-state index is 5.35. The molecule has 7 heteroatoms. The van der Waals surface area contributed by atoms with Crippen molar-refractivity contribution in [2.24, 2.45) is 0 Å². The molecule has 0 aliphatic carbocycles. The molecule has 0 unspecified atom stereocenters. The minimum absolute atomic E-state index is 0.288. The van der Waals surface area contributed by atoms with Crippen molar-refractivity contribution >= 4 is 11.8 Å². The second-order valence-electron chi connectivity index (χ2n) is 4.62. The summed E-state index contributed by atoms with van der Waals surface area (Å²) in [7, 11) is 0. The van der Waals surface area contributed by atoms with Crippen LogP contribution in [0.1, 0.15) is 18.7 Å². The molecule has 2 aromatic rings. The monoisotopic (exact) mass is 260 g/mol. The maximum atomic E-state index is 5.35. The van der Waals surface area contributed by atoms with E-state index in [1.54, 1.807) is 25.5 Å². The lowest BCUT2D eigenvalue weighted by Crippen LogP contribution is -2.42. The van der Waals surface area contributed by atoms with Crippen LogP contribution >= 0.6 is 0 Å². The van der Waals surface area contributed by atoms with Gasteiger partial charge in [-0.3, -0.25) is 4.98 Å². The fraction of sp³-hybridized carbons (Fsp3) is 0.500. The van der Waals surface area contributed by atoms with Gasteiger partial charge < -0.3 is 14.6 Å². The number of hydrogen-bond acceptors (Lipinski definition) is 7. The van der Waals surface area contributed by atoms with Crippen molar-refractivity contribution in [3.63, 3.8) is 0 Å². The molecular weight excluding hydrogens is 244 g/mol. The number of anilines is 2. The van der Waals surface area contributed by atoms with E-state index >= 15 is 0 Å². The van der Waals surface area contributed by atoms with Gasteiger partial charge in [-0.05, 0) is 12.8 Å². The molecule has 7 nitrogen and oxygen atoms in total. The topological polar surface area (TPSA) is 80.0 Å². The van der Waals surface area contributed by atoms with E-state index in [-0.39, 0.29) is 6.04 Å². The number of aromatic nitrogens is 4. The molecule has 1 aliphatic rings. The molecule has 2 aromatic heterocycles. The van der Waals surface area contributed by atoms with Gasteiger partial charge in [0, 0.05) is 38.4 Å². The van der Waals surface area contributed by atoms with Crippen LogP contribution < -0.4 is 10.2 Å². The van der Waals surface area contributed by atoms with Crippen LogP contribution in [0.3, 0.4) is 0 Å². The number of hydrogen-bond donors (Lipinski definition) is 1. The maximum Gasteiger partial charge on any atom is 0.315 e. The first-order chi connectivity index (χ1) is 9.31. The Hall–Kier alpha value is -2.18. The predicted octanol–water partition coefficient (Wildman–Crippen LogP) is 1.25. The first-order valence-electron chi connectivity index (χ1n) is 6.39. The van der Waals surface area contributed by atoms with Crippen molar-refractivity contribution in [2.45, 2.75) is 25.8 Å². The van der Waals surface area contributed by atoms with Crippen LogP contribution in [-0.4, -0.2) is 39.3 Å². The van der Waals surface area contributed by atoms with Gasteiger partial charge in [0.25, 0.3) is 0 Å². The summed E-state index contributed by atoms with van der Waals surface area (Å²) in [5.41, 5.74) is 0. The molecule has 0 bridgehead atoms. The van der Waals surface area contributed by atoms with Crippen LogP contribution in [0.15, 0.2) is 23.0 Å². The molecule has 0 aromatic carbocycles. The summed E-state index contributed by atoms with van der Waals surface area (Å²) in [6.07, 6.45) is 7.37. The summed E-state index contributed by atoms with van der Waals surface area (Å²) in [5.74, 6) is 1.49. The van der Waals surface area contributed by atoms with Gasteiger partial charge in [-0.2, -0.15) is 0 Å². The van der Waals surface area contributed by atoms with Gasteiger partial charge in [0.05, 0.1) is 6.20 Å². The third-order valence-electron chi connectivity index (χ3n) is 3.15. The zero-order chi connectivity index (χ0) is 13.1. The quantitative estimate of drug-likeness (QED) is 0.889. The van der Waals surface area contributed by atoms with Crippen LogP contribution in [0.5, 0.6) is 0 Å². The summed E-state index contributed by atoms with van der Waals surface area (Å²) in [6.45, 7) is 3.64. The van der Waals surface area contributed by atoms with Gasteiger partial charge in [0.1, 0.15) is 5.82 Å². The molecule has 0 radical (unpaired) electrons. The van der Waals surface area contributed by atoms with Crippen LogP contribution in [-0.2, 0) is 0 Å². The first kappa shape index (κ1) is 11.9. The van der Waals surface area contributed by atoms with Crippen LogP contribution in [0.25, 0.3) is 0 Å². The molecule has 3 heterocycles. The van der Waals surface area contributed by atoms with Gasteiger partial charge in [0.15, 0.2) is 0 Å². The number of nitrogens with zero attached hydrogens (tertiary/aromatic N) is 5. The van der Waals surface area contributed by atoms with Crippen molar-refractivity contribution in [2.75, 3.05) is 23.3 Å². The third kappa shape index (κ3) is 2.81. The number of aryl methyl sites for hydroxylation is 1. The number of nitrogens with one attached hydrogen (secondary N) is 1. The molecule has 19 heavy (non-hydrogen) atoms. The Bertz CT molecular complexity index is 528. The third-order valence-corrected chi connectivity index (χ3v) is 3.15. The Morgan fingerprint density at radius 2 is 2.32 bits per heavy atom. The highest BCUT2D eigenvalue weighted by Crippen LogP contribution is 2.19. The molecule has 100 valence electrons. The zero-order valence-electron chi connectivity index (χ0n) is 10.8. The highest BCUT2D eigenvalue weighted by Gasteiger charge is 2.22. The zero-order valence-corrected chi connectivity index (χ0v) is 10.8. The van der Waals surface area contributed by atoms with Crippen LogP contribution in [0.2, 0.25) is 0 Å². The average Bonchev–Trinajstić information content (AvgIpc) is 2.85. The number of piperidine rings is 1. The van der Waals surface area contributed by atoms with E-state index in [1.165, 1.54) is 0 Å². The smallest absolute Gasteiger partial charge is 0.315 e. The van der Waals surface area contributed by atoms with Crippen molar-refractivity contribution < 1.29 is 4.42 Å². The highest BCUT2D eigenvalue weighted by molar-refractivity contribution is 5.37. The molecule has 1 saturated heterocycles. The molecule has 1 N–H and O–H groups in total. The molecule has 1 atom stereocenters. The molecule has 0 spiro atoms. The van der Waals surface area contributed by atoms with Crippen molar-refractivity contribution in [1.29, 1.82) is 0 Å². The molecular formula is C12H16N6O. The molecule has 1 aliphatic heterocycles. The largest absolute Gasteiger partial charge is 0.408 e. The van der Waals surface area contributed by atoms with Crippen molar-refractivity contribution in [1.82, 2.24) is 20.2 Å². The fourth-order valence-electron chi connectivity index (χ4n) is 2.29. The lowest BCUT2D eigenvalue weighted by atomic mass is 10.1. The fourth-order valence-corrected chi connectivity index (χ4v) is 2.29. The standard InChI is InChI=1S/C12H16N6O/c1-9-16-17-12(19-9)15-10-3-2-6-18(8-10)11-7-13-4-5-14-11/h4-5,7,10H,2-3,6,8H2,1H3,(H,15,17)/t10-/m0/s1. The van der Waals surface area contributed by atoms with E-state index in [4.69, 9.17) is 4.42 Å². The second-order valence-corrected chi connectivity index (χ2v) is 4.62. The lowest BCUT2D eigenvalue weighted by Gasteiger charge is -2.33. The Morgan fingerprint density at radius 1 is 1.37 bits per heavy atom. The van der Waals surface area contributed by atoms with Crippen LogP contribution in [0.4, 0.5) is 11.8 Å². The molecule has 3 rings (SSSR count). The molecule has 0 amide bonds. The van der Waals surface area contributed by atoms with E-state index < -0.39 is 0 Å². The molecule has 0 saturated carbocycles. The van der Waals surface area contributed by atoms with Crippen molar-refractivity contribution in [3.8, 4) is 0 Å². The van der Waals surface area contributed by atoms with E-state index in [1.807, 2.05) is 0 Å². The minimum Gasteiger partial charge on any atom is -0.408 e. The van der Waals surface area contributed by atoms with Crippen molar-refractivity contribution in [3.05, 3.63) is 24.5 Å². The summed E-state index contributed by atoms with van der Waals surface area (Å²) in [6, 6.07) is 0.777. The van der Waals surface area contributed by atoms with Gasteiger partial charge >= 0.3 is 6.01 Å². The summed E-state index contributed by atoms with van der Waals surface area (Å²) < 4.78 is 5.35. The molecule has 1 fully saturated rings. The number of rotatable bonds is 3. The lowest BCUT2D eigenvalue weighted by molar-refractivity contribution is 0.487. The van der Waals surface area contributed by atoms with E-state index in [2.05, 4.69) is 30.4 Å². The normalized spacial score (nSPS) is 19.4. The summed E-state index contributed by atoms with van der Waals surface area (Å²) in [5, 5.41) is 11.0. The Morgan fingerprint density at radius 3 is 3.05 bits per heavy atom. The Kier molecular flexibility index (Phi) is 3.26. The van der Waals surface area contributed by atoms with Gasteiger partial charge in [0.2, 0.25) is 5.89 Å². The second kappa shape index (κ2) is 5.21. The van der Waals surface area contributed by atoms with E-state index in [0.29, 0.717) is 11.9 Å². The van der Waals surface area contributed by atoms with Gasteiger partial charge in [-0.15, -0.1) is 5.10 Å². The first-order valence-corrected chi connectivity index (χ1v) is 6.39. The van der Waals surface area contributed by atoms with E-state index in [0.717, 1.165) is 31.7 Å². The van der Waals surface area contributed by atoms with Gasteiger partial charge in [-0.1, -0.05) is 5.10 Å². The predicted molar refractivity (Wildman–Crippen MR) is 69.9 cm³/mol. The highest BCUT2D eigenvalue weighted by atomic mass is 16.4. The van der Waals surface area contributed by atoms with Crippen LogP contribution in [0, 0.1) is 6.92 Å². The summed E-state index contributed by atoms with van der Waals surface area (Å²) in [4.78, 5) is 10.7. The SMILES string of the molecule is Cc1nnc(N[C@H]2CCCN(c3cnccn3)C2)o1. The average molecular weight is 260 g/mol. The van der Waals surface area contributed by atoms with Gasteiger partial charge in [-0.25, -0.2) is 4.98 Å². The summed E-state index contributed by atoms with van der Waals surface area (Å²) >= 11 is 0. The Labute approximate surface area is 111 Å². The van der Waals surface area contributed by atoms with E-state index in [9.17, 15) is 0 Å². The Balaban J connectivity index is 1.65.